The third-order valence-electron chi connectivity index (χ3n) is 3.64. The lowest BCUT2D eigenvalue weighted by atomic mass is 10.1. The van der Waals surface area contributed by atoms with Gasteiger partial charge in [-0.2, -0.15) is 0 Å². The molecule has 1 heterocycles. The summed E-state index contributed by atoms with van der Waals surface area (Å²) in [4.78, 5) is 17.2. The van der Waals surface area contributed by atoms with Crippen LogP contribution < -0.4 is 0 Å². The number of amides is 1. The van der Waals surface area contributed by atoms with Gasteiger partial charge in [0.2, 0.25) is 5.91 Å². The summed E-state index contributed by atoms with van der Waals surface area (Å²) in [5.74, 6) is 2.72. The number of hydrogen-bond donors (Lipinski definition) is 1. The molecule has 1 aromatic carbocycles. The van der Waals surface area contributed by atoms with Gasteiger partial charge in [-0.3, -0.25) is 4.79 Å². The molecule has 0 saturated carbocycles. The number of fused-ring (bicyclic) bond motifs is 1. The number of rotatable bonds is 7. The summed E-state index contributed by atoms with van der Waals surface area (Å²) in [6.45, 7) is 3.22. The highest BCUT2D eigenvalue weighted by Gasteiger charge is 2.11. The summed E-state index contributed by atoms with van der Waals surface area (Å²) in [7, 11) is 0. The van der Waals surface area contributed by atoms with Crippen molar-refractivity contribution < 1.29 is 4.79 Å². The van der Waals surface area contributed by atoms with Crippen molar-refractivity contribution in [3.8, 4) is 12.3 Å². The molecule has 2 rings (SSSR count). The Balaban J connectivity index is 1.89. The van der Waals surface area contributed by atoms with E-state index in [2.05, 4.69) is 30.0 Å². The fraction of sp³-hybridized carbons (Fsp3) is 0.389. The molecule has 110 valence electrons. The number of benzene rings is 1. The third-order valence-corrected chi connectivity index (χ3v) is 3.64. The predicted molar refractivity (Wildman–Crippen MR) is 86.9 cm³/mol. The summed E-state index contributed by atoms with van der Waals surface area (Å²) < 4.78 is 0. The van der Waals surface area contributed by atoms with E-state index in [0.717, 1.165) is 31.3 Å². The van der Waals surface area contributed by atoms with Gasteiger partial charge in [0.1, 0.15) is 0 Å². The summed E-state index contributed by atoms with van der Waals surface area (Å²) in [6, 6.07) is 8.25. The molecule has 0 fully saturated rings. The molecule has 3 nitrogen and oxygen atoms in total. The fourth-order valence-corrected chi connectivity index (χ4v) is 2.60. The molecule has 0 aliphatic carbocycles. The first-order valence-corrected chi connectivity index (χ1v) is 7.52. The van der Waals surface area contributed by atoms with Crippen LogP contribution in [0.3, 0.4) is 0 Å². The highest BCUT2D eigenvalue weighted by atomic mass is 16.2. The number of carbonyl (C=O) groups is 1. The smallest absolute Gasteiger partial charge is 0.223 e. The van der Waals surface area contributed by atoms with Crippen LogP contribution >= 0.6 is 0 Å². The largest absolute Gasteiger partial charge is 0.361 e. The van der Waals surface area contributed by atoms with Crippen molar-refractivity contribution in [2.45, 2.75) is 32.6 Å². The van der Waals surface area contributed by atoms with E-state index >= 15 is 0 Å². The van der Waals surface area contributed by atoms with Crippen LogP contribution in [0.2, 0.25) is 0 Å². The summed E-state index contributed by atoms with van der Waals surface area (Å²) in [6.07, 6.45) is 10.6. The van der Waals surface area contributed by atoms with Gasteiger partial charge in [0.05, 0.1) is 6.54 Å². The van der Waals surface area contributed by atoms with Crippen molar-refractivity contribution in [3.63, 3.8) is 0 Å². The second-order valence-electron chi connectivity index (χ2n) is 5.23. The van der Waals surface area contributed by atoms with Crippen LogP contribution in [0.4, 0.5) is 0 Å². The molecule has 2 aromatic rings. The van der Waals surface area contributed by atoms with Gasteiger partial charge in [-0.1, -0.05) is 31.0 Å². The Kier molecular flexibility index (Phi) is 5.45. The Hall–Kier alpha value is -2.21. The van der Waals surface area contributed by atoms with Gasteiger partial charge >= 0.3 is 0 Å². The molecule has 0 atom stereocenters. The van der Waals surface area contributed by atoms with Crippen LogP contribution in [0.15, 0.2) is 30.5 Å². The topological polar surface area (TPSA) is 36.1 Å². The van der Waals surface area contributed by atoms with Gasteiger partial charge in [0, 0.05) is 30.1 Å². The molecule has 0 unspecified atom stereocenters. The fourth-order valence-electron chi connectivity index (χ4n) is 2.60. The number of nitrogens with one attached hydrogen (secondary N) is 1. The molecule has 0 spiro atoms. The maximum Gasteiger partial charge on any atom is 0.223 e. The van der Waals surface area contributed by atoms with Crippen molar-refractivity contribution in [3.05, 3.63) is 36.0 Å². The van der Waals surface area contributed by atoms with E-state index in [9.17, 15) is 4.79 Å². The lowest BCUT2D eigenvalue weighted by molar-refractivity contribution is -0.130. The number of aromatic nitrogens is 1. The second kappa shape index (κ2) is 7.54. The minimum Gasteiger partial charge on any atom is -0.361 e. The third kappa shape index (κ3) is 3.88. The molecule has 0 radical (unpaired) electrons. The lowest BCUT2D eigenvalue weighted by Gasteiger charge is -2.19. The van der Waals surface area contributed by atoms with E-state index < -0.39 is 0 Å². The van der Waals surface area contributed by atoms with Crippen molar-refractivity contribution in [2.75, 3.05) is 13.1 Å². The Morgan fingerprint density at radius 2 is 2.19 bits per heavy atom. The summed E-state index contributed by atoms with van der Waals surface area (Å²) in [5.41, 5.74) is 2.43. The number of aromatic amines is 1. The Morgan fingerprint density at radius 3 is 2.95 bits per heavy atom. The predicted octanol–water partition coefficient (Wildman–Crippen LogP) is 3.36. The van der Waals surface area contributed by atoms with E-state index in [4.69, 9.17) is 6.42 Å². The Morgan fingerprint density at radius 1 is 1.38 bits per heavy atom. The van der Waals surface area contributed by atoms with Crippen molar-refractivity contribution in [2.24, 2.45) is 0 Å². The van der Waals surface area contributed by atoms with Crippen molar-refractivity contribution >= 4 is 16.8 Å². The van der Waals surface area contributed by atoms with Crippen LogP contribution in [0.1, 0.15) is 31.7 Å². The van der Waals surface area contributed by atoms with E-state index in [1.807, 2.05) is 18.3 Å². The van der Waals surface area contributed by atoms with E-state index in [1.54, 1.807) is 4.90 Å². The first-order chi connectivity index (χ1) is 10.3. The quantitative estimate of drug-likeness (QED) is 0.777. The SMILES string of the molecule is C#CCN(CCC)C(=O)CCCc1c[nH]c2ccccc12. The number of carbonyl (C=O) groups excluding carboxylic acids is 1. The van der Waals surface area contributed by atoms with Crippen LogP contribution in [0.25, 0.3) is 10.9 Å². The molecule has 0 aliphatic heterocycles. The number of para-hydroxylation sites is 1. The monoisotopic (exact) mass is 282 g/mol. The lowest BCUT2D eigenvalue weighted by Crippen LogP contribution is -2.31. The molecule has 0 saturated heterocycles. The maximum absolute atomic E-state index is 12.1. The number of aryl methyl sites for hydroxylation is 1. The zero-order valence-electron chi connectivity index (χ0n) is 12.6. The molecule has 0 bridgehead atoms. The van der Waals surface area contributed by atoms with Crippen LogP contribution in [0.5, 0.6) is 0 Å². The molecular weight excluding hydrogens is 260 g/mol. The van der Waals surface area contributed by atoms with Crippen LogP contribution in [-0.4, -0.2) is 28.9 Å². The van der Waals surface area contributed by atoms with Crippen LogP contribution in [0, 0.1) is 12.3 Å². The van der Waals surface area contributed by atoms with Crippen LogP contribution in [-0.2, 0) is 11.2 Å². The Bertz CT molecular complexity index is 636. The first kappa shape index (κ1) is 15.2. The molecular formula is C18H22N2O. The number of nitrogens with zero attached hydrogens (tertiary/aromatic N) is 1. The molecule has 1 aromatic heterocycles. The van der Waals surface area contributed by atoms with E-state index in [-0.39, 0.29) is 5.91 Å². The van der Waals surface area contributed by atoms with Gasteiger partial charge in [0.15, 0.2) is 0 Å². The number of H-pyrrole nitrogens is 1. The van der Waals surface area contributed by atoms with Gasteiger partial charge in [-0.05, 0) is 30.9 Å². The van der Waals surface area contributed by atoms with Gasteiger partial charge in [0.25, 0.3) is 0 Å². The zero-order chi connectivity index (χ0) is 15.1. The highest BCUT2D eigenvalue weighted by Crippen LogP contribution is 2.19. The van der Waals surface area contributed by atoms with Crippen molar-refractivity contribution in [1.29, 1.82) is 0 Å². The molecule has 1 amide bonds. The summed E-state index contributed by atoms with van der Waals surface area (Å²) >= 11 is 0. The maximum atomic E-state index is 12.1. The van der Waals surface area contributed by atoms with Gasteiger partial charge in [-0.15, -0.1) is 6.42 Å². The molecule has 1 N–H and O–H groups in total. The molecule has 0 aliphatic rings. The zero-order valence-corrected chi connectivity index (χ0v) is 12.6. The molecule has 21 heavy (non-hydrogen) atoms. The second-order valence-corrected chi connectivity index (χ2v) is 5.23. The van der Waals surface area contributed by atoms with E-state index in [0.29, 0.717) is 13.0 Å². The van der Waals surface area contributed by atoms with E-state index in [1.165, 1.54) is 10.9 Å². The standard InChI is InChI=1S/C18H22N2O/c1-3-12-20(13-4-2)18(21)11-7-8-15-14-19-17-10-6-5-9-16(15)17/h1,5-6,9-10,14,19H,4,7-8,11-13H2,2H3. The average Bonchev–Trinajstić information content (AvgIpc) is 2.90. The van der Waals surface area contributed by atoms with Crippen molar-refractivity contribution in [1.82, 2.24) is 9.88 Å². The number of terminal acetylenes is 1. The average molecular weight is 282 g/mol. The van der Waals surface area contributed by atoms with Gasteiger partial charge < -0.3 is 9.88 Å². The minimum absolute atomic E-state index is 0.162. The number of hydrogen-bond acceptors (Lipinski definition) is 1. The minimum atomic E-state index is 0.162. The Labute approximate surface area is 126 Å². The molecule has 3 heteroatoms. The van der Waals surface area contributed by atoms with Gasteiger partial charge in [-0.25, -0.2) is 0 Å². The summed E-state index contributed by atoms with van der Waals surface area (Å²) in [5, 5.41) is 1.25. The first-order valence-electron chi connectivity index (χ1n) is 7.52. The normalized spacial score (nSPS) is 10.5. The highest BCUT2D eigenvalue weighted by molar-refractivity contribution is 5.83.